The second-order valence-electron chi connectivity index (χ2n) is 2.34. The third-order valence-electron chi connectivity index (χ3n) is 1.41. The molecule has 0 aliphatic rings. The van der Waals surface area contributed by atoms with Crippen molar-refractivity contribution in [2.45, 2.75) is 13.0 Å². The first-order chi connectivity index (χ1) is 5.11. The molecule has 1 aromatic carbocycles. The maximum Gasteiger partial charge on any atom is 0.123 e. The van der Waals surface area contributed by atoms with Gasteiger partial charge < -0.3 is 5.11 Å². The molecule has 0 aliphatic heterocycles. The number of aliphatic hydroxyl groups is 1. The number of rotatable bonds is 1. The third-order valence-corrected chi connectivity index (χ3v) is 1.75. The van der Waals surface area contributed by atoms with Gasteiger partial charge in [-0.1, -0.05) is 11.6 Å². The summed E-state index contributed by atoms with van der Waals surface area (Å²) in [7, 11) is 0. The summed E-state index contributed by atoms with van der Waals surface area (Å²) in [5, 5.41) is 9.47. The lowest BCUT2D eigenvalue weighted by Crippen LogP contribution is -1.92. The maximum absolute atomic E-state index is 12.5. The minimum Gasteiger partial charge on any atom is -0.389 e. The molecule has 3 heteroatoms. The average molecular weight is 175 g/mol. The van der Waals surface area contributed by atoms with Crippen LogP contribution in [0.15, 0.2) is 18.2 Å². The highest BCUT2D eigenvalue weighted by atomic mass is 35.5. The average Bonchev–Trinajstić information content (AvgIpc) is 1.94. The fourth-order valence-corrected chi connectivity index (χ4v) is 1.11. The Hall–Kier alpha value is -0.600. The molecule has 1 aromatic rings. The number of benzene rings is 1. The van der Waals surface area contributed by atoms with E-state index < -0.39 is 6.10 Å². The third kappa shape index (κ3) is 1.91. The number of aliphatic hydroxyl groups excluding tert-OH is 1. The van der Waals surface area contributed by atoms with Crippen molar-refractivity contribution in [1.29, 1.82) is 0 Å². The highest BCUT2D eigenvalue weighted by Gasteiger charge is 2.06. The number of hydrogen-bond acceptors (Lipinski definition) is 1. The Balaban J connectivity index is 3.13. The van der Waals surface area contributed by atoms with Crippen molar-refractivity contribution in [2.75, 3.05) is 0 Å². The predicted molar refractivity (Wildman–Crippen MR) is 42.0 cm³/mol. The summed E-state index contributed by atoms with van der Waals surface area (Å²) in [6.45, 7) is 1.54. The Kier molecular flexibility index (Phi) is 2.47. The van der Waals surface area contributed by atoms with E-state index in [0.29, 0.717) is 10.6 Å². The Labute approximate surface area is 69.4 Å². The zero-order chi connectivity index (χ0) is 8.43. The van der Waals surface area contributed by atoms with Gasteiger partial charge in [0.15, 0.2) is 0 Å². The summed E-state index contributed by atoms with van der Waals surface area (Å²) in [4.78, 5) is 0. The predicted octanol–water partition coefficient (Wildman–Crippen LogP) is 2.53. The second-order valence-corrected chi connectivity index (χ2v) is 2.75. The van der Waals surface area contributed by atoms with E-state index in [2.05, 4.69) is 0 Å². The SMILES string of the molecule is CC(O)c1cc(F)ccc1Cl. The van der Waals surface area contributed by atoms with Crippen molar-refractivity contribution in [3.8, 4) is 0 Å². The van der Waals surface area contributed by atoms with E-state index in [1.807, 2.05) is 0 Å². The minimum absolute atomic E-state index is 0.384. The summed E-state index contributed by atoms with van der Waals surface area (Å²) < 4.78 is 12.5. The first kappa shape index (κ1) is 8.50. The summed E-state index contributed by atoms with van der Waals surface area (Å²) in [5.41, 5.74) is 0.423. The van der Waals surface area contributed by atoms with Crippen molar-refractivity contribution in [1.82, 2.24) is 0 Å². The highest BCUT2D eigenvalue weighted by Crippen LogP contribution is 2.22. The van der Waals surface area contributed by atoms with Crippen LogP contribution in [0.5, 0.6) is 0 Å². The van der Waals surface area contributed by atoms with Crippen molar-refractivity contribution in [2.24, 2.45) is 0 Å². The van der Waals surface area contributed by atoms with Gasteiger partial charge in [0.05, 0.1) is 6.10 Å². The normalized spacial score (nSPS) is 13.1. The highest BCUT2D eigenvalue weighted by molar-refractivity contribution is 6.31. The van der Waals surface area contributed by atoms with E-state index in [1.165, 1.54) is 18.2 Å². The fraction of sp³-hybridized carbons (Fsp3) is 0.250. The molecule has 1 unspecified atom stereocenters. The summed E-state index contributed by atoms with van der Waals surface area (Å²) in [5.74, 6) is -0.384. The Morgan fingerprint density at radius 2 is 2.18 bits per heavy atom. The molecule has 0 saturated heterocycles. The van der Waals surface area contributed by atoms with Gasteiger partial charge in [-0.25, -0.2) is 4.39 Å². The van der Waals surface area contributed by atoms with Gasteiger partial charge in [0, 0.05) is 10.6 Å². The lowest BCUT2D eigenvalue weighted by Gasteiger charge is -2.05. The molecular formula is C8H8ClFO. The topological polar surface area (TPSA) is 20.2 Å². The standard InChI is InChI=1S/C8H8ClFO/c1-5(11)7-4-6(10)2-3-8(7)9/h2-5,11H,1H3. The number of halogens is 2. The van der Waals surface area contributed by atoms with Gasteiger partial charge in [0.1, 0.15) is 5.82 Å². The van der Waals surface area contributed by atoms with Crippen LogP contribution in [0, 0.1) is 5.82 Å². The summed E-state index contributed by atoms with van der Waals surface area (Å²) in [6, 6.07) is 3.92. The molecule has 1 nitrogen and oxygen atoms in total. The van der Waals surface area contributed by atoms with Gasteiger partial charge in [-0.15, -0.1) is 0 Å². The molecule has 0 spiro atoms. The van der Waals surface area contributed by atoms with Gasteiger partial charge in [-0.05, 0) is 25.1 Å². The van der Waals surface area contributed by atoms with Gasteiger partial charge >= 0.3 is 0 Å². The smallest absolute Gasteiger partial charge is 0.123 e. The molecule has 60 valence electrons. The Morgan fingerprint density at radius 1 is 1.55 bits per heavy atom. The molecule has 0 aromatic heterocycles. The van der Waals surface area contributed by atoms with Crippen molar-refractivity contribution in [3.63, 3.8) is 0 Å². The summed E-state index contributed by atoms with van der Waals surface area (Å²) >= 11 is 5.66. The van der Waals surface area contributed by atoms with Crippen molar-refractivity contribution < 1.29 is 9.50 Å². The quantitative estimate of drug-likeness (QED) is 0.694. The van der Waals surface area contributed by atoms with E-state index in [-0.39, 0.29) is 5.82 Å². The van der Waals surface area contributed by atoms with Crippen LogP contribution in [0.3, 0.4) is 0 Å². The van der Waals surface area contributed by atoms with Gasteiger partial charge in [0.25, 0.3) is 0 Å². The Morgan fingerprint density at radius 3 is 2.64 bits per heavy atom. The van der Waals surface area contributed by atoms with Gasteiger partial charge in [-0.3, -0.25) is 0 Å². The van der Waals surface area contributed by atoms with Crippen LogP contribution in [0.25, 0.3) is 0 Å². The van der Waals surface area contributed by atoms with Crippen LogP contribution in [0.1, 0.15) is 18.6 Å². The fourth-order valence-electron chi connectivity index (χ4n) is 0.835. The molecule has 11 heavy (non-hydrogen) atoms. The maximum atomic E-state index is 12.5. The van der Waals surface area contributed by atoms with E-state index in [4.69, 9.17) is 16.7 Å². The molecule has 1 N–H and O–H groups in total. The van der Waals surface area contributed by atoms with Crippen LogP contribution < -0.4 is 0 Å². The van der Waals surface area contributed by atoms with E-state index in [0.717, 1.165) is 0 Å². The Bertz CT molecular complexity index is 260. The molecule has 0 amide bonds. The molecule has 0 saturated carbocycles. The molecule has 0 heterocycles. The number of hydrogen-bond donors (Lipinski definition) is 1. The molecule has 0 radical (unpaired) electrons. The van der Waals surface area contributed by atoms with Crippen LogP contribution in [-0.4, -0.2) is 5.11 Å². The molecule has 0 bridgehead atoms. The van der Waals surface area contributed by atoms with Crippen molar-refractivity contribution in [3.05, 3.63) is 34.6 Å². The van der Waals surface area contributed by atoms with E-state index in [1.54, 1.807) is 6.92 Å². The van der Waals surface area contributed by atoms with Crippen LogP contribution in [-0.2, 0) is 0 Å². The molecular weight excluding hydrogens is 167 g/mol. The minimum atomic E-state index is -0.724. The van der Waals surface area contributed by atoms with E-state index in [9.17, 15) is 4.39 Å². The van der Waals surface area contributed by atoms with Crippen LogP contribution >= 0.6 is 11.6 Å². The molecule has 0 aliphatic carbocycles. The molecule has 1 atom stereocenters. The van der Waals surface area contributed by atoms with Gasteiger partial charge in [0.2, 0.25) is 0 Å². The molecule has 1 rings (SSSR count). The largest absolute Gasteiger partial charge is 0.389 e. The van der Waals surface area contributed by atoms with Crippen LogP contribution in [0.2, 0.25) is 5.02 Å². The van der Waals surface area contributed by atoms with E-state index >= 15 is 0 Å². The lowest BCUT2D eigenvalue weighted by atomic mass is 10.1. The summed E-state index contributed by atoms with van der Waals surface area (Å²) in [6.07, 6.45) is -0.724. The van der Waals surface area contributed by atoms with Crippen molar-refractivity contribution >= 4 is 11.6 Å². The lowest BCUT2D eigenvalue weighted by molar-refractivity contribution is 0.199. The van der Waals surface area contributed by atoms with Crippen LogP contribution in [0.4, 0.5) is 4.39 Å². The first-order valence-electron chi connectivity index (χ1n) is 3.24. The van der Waals surface area contributed by atoms with Gasteiger partial charge in [-0.2, -0.15) is 0 Å². The second kappa shape index (κ2) is 3.20. The molecule has 0 fully saturated rings. The monoisotopic (exact) mass is 174 g/mol. The zero-order valence-electron chi connectivity index (χ0n) is 6.01. The first-order valence-corrected chi connectivity index (χ1v) is 3.62. The zero-order valence-corrected chi connectivity index (χ0v) is 6.77.